The number of amides is 2. The van der Waals surface area contributed by atoms with Crippen LogP contribution in [0.25, 0.3) is 22.5 Å². The van der Waals surface area contributed by atoms with Gasteiger partial charge in [0, 0.05) is 35.3 Å². The molecule has 12 nitrogen and oxygen atoms in total. The minimum Gasteiger partial charge on any atom is -0.368 e. The van der Waals surface area contributed by atoms with E-state index in [1.165, 1.54) is 0 Å². The van der Waals surface area contributed by atoms with E-state index in [4.69, 9.17) is 17.2 Å². The zero-order valence-corrected chi connectivity index (χ0v) is 24.1. The number of carbonyl (C=O) groups excluding carboxylic acids is 2. The number of nitrogen functional groups attached to an aromatic ring is 1. The molecule has 7 N–H and O–H groups in total. The molecule has 0 aliphatic heterocycles. The highest BCUT2D eigenvalue weighted by Gasteiger charge is 2.36. The Morgan fingerprint density at radius 2 is 1.69 bits per heavy atom. The second-order valence-corrected chi connectivity index (χ2v) is 10.5. The third kappa shape index (κ3) is 6.72. The summed E-state index contributed by atoms with van der Waals surface area (Å²) in [6, 6.07) is 14.0. The van der Waals surface area contributed by atoms with E-state index in [1.807, 2.05) is 31.2 Å². The quantitative estimate of drug-likeness (QED) is 0.226. The number of nitrogens with one attached hydrogen (secondary N) is 1. The highest BCUT2D eigenvalue weighted by Crippen LogP contribution is 2.33. The standard InChI is InChI=1S/C29H34N10O2.ClH/c1-17-24(16-33-29(32)34-17)20-6-2-18(3-7-20)14-25(26(31)40)39(28(41)22-8-4-19(15-30)5-9-22)23-12-10-21(11-13-23)27-35-37-38-36-27;/h2-3,6-7,10-13,16,19,22,25H,4-5,8-9,14-15,30H2,1H3,(H2,31,40)(H2,32,33,34)(H,35,36,37,38);1H/t19?,22?,25-;/m0./s1. The number of tetrazole rings is 1. The maximum atomic E-state index is 14.1. The van der Waals surface area contributed by atoms with E-state index < -0.39 is 11.9 Å². The lowest BCUT2D eigenvalue weighted by Crippen LogP contribution is -2.52. The van der Waals surface area contributed by atoms with Gasteiger partial charge in [-0.2, -0.15) is 5.21 Å². The maximum Gasteiger partial charge on any atom is 0.240 e. The topological polar surface area (TPSA) is 196 Å². The third-order valence-corrected chi connectivity index (χ3v) is 7.85. The fourth-order valence-electron chi connectivity index (χ4n) is 5.49. The Balaban J connectivity index is 0.00000405. The number of nitrogens with zero attached hydrogens (tertiary/aromatic N) is 6. The van der Waals surface area contributed by atoms with Crippen LogP contribution < -0.4 is 22.1 Å². The summed E-state index contributed by atoms with van der Waals surface area (Å²) in [6.07, 6.45) is 5.16. The Hall–Kier alpha value is -4.42. The van der Waals surface area contributed by atoms with Crippen molar-refractivity contribution in [3.05, 3.63) is 66.0 Å². The summed E-state index contributed by atoms with van der Waals surface area (Å²) in [5, 5.41) is 14.1. The number of rotatable bonds is 9. The van der Waals surface area contributed by atoms with Crippen LogP contribution in [0.15, 0.2) is 54.7 Å². The minimum absolute atomic E-state index is 0. The molecule has 13 heteroatoms. The fraction of sp³-hybridized carbons (Fsp3) is 0.345. The number of halogens is 1. The molecule has 1 aliphatic rings. The molecule has 2 aromatic heterocycles. The number of anilines is 2. The van der Waals surface area contributed by atoms with Gasteiger partial charge in [0.1, 0.15) is 6.04 Å². The van der Waals surface area contributed by atoms with Crippen molar-refractivity contribution >= 4 is 35.9 Å². The molecule has 4 aromatic rings. The molecule has 1 fully saturated rings. The van der Waals surface area contributed by atoms with Gasteiger partial charge in [0.2, 0.25) is 23.6 Å². The molecule has 0 spiro atoms. The predicted octanol–water partition coefficient (Wildman–Crippen LogP) is 2.83. The van der Waals surface area contributed by atoms with Crippen LogP contribution in [0.2, 0.25) is 0 Å². The summed E-state index contributed by atoms with van der Waals surface area (Å²) in [6.45, 7) is 2.49. The second-order valence-electron chi connectivity index (χ2n) is 10.5. The lowest BCUT2D eigenvalue weighted by Gasteiger charge is -2.35. The summed E-state index contributed by atoms with van der Waals surface area (Å²) in [4.78, 5) is 37.0. The van der Waals surface area contributed by atoms with Crippen LogP contribution in [0.1, 0.15) is 36.9 Å². The van der Waals surface area contributed by atoms with Crippen LogP contribution >= 0.6 is 12.4 Å². The number of nitrogens with two attached hydrogens (primary N) is 3. The van der Waals surface area contributed by atoms with E-state index in [0.717, 1.165) is 53.6 Å². The van der Waals surface area contributed by atoms with Gasteiger partial charge >= 0.3 is 0 Å². The van der Waals surface area contributed by atoms with Gasteiger partial charge in [-0.3, -0.25) is 14.5 Å². The molecule has 0 bridgehead atoms. The van der Waals surface area contributed by atoms with Gasteiger partial charge in [-0.1, -0.05) is 24.3 Å². The van der Waals surface area contributed by atoms with E-state index in [2.05, 4.69) is 30.6 Å². The average Bonchev–Trinajstić information content (AvgIpc) is 3.53. The van der Waals surface area contributed by atoms with Crippen molar-refractivity contribution in [3.8, 4) is 22.5 Å². The Kier molecular flexibility index (Phi) is 9.81. The lowest BCUT2D eigenvalue weighted by molar-refractivity contribution is -0.127. The van der Waals surface area contributed by atoms with Crippen molar-refractivity contribution in [1.29, 1.82) is 0 Å². The molecule has 0 saturated heterocycles. The number of primary amides is 1. The molecule has 2 heterocycles. The van der Waals surface area contributed by atoms with Crippen LogP contribution in [-0.4, -0.2) is 55.0 Å². The Morgan fingerprint density at radius 3 is 2.26 bits per heavy atom. The van der Waals surface area contributed by atoms with Crippen LogP contribution in [0.3, 0.4) is 0 Å². The van der Waals surface area contributed by atoms with Gasteiger partial charge < -0.3 is 17.2 Å². The summed E-state index contributed by atoms with van der Waals surface area (Å²) >= 11 is 0. The normalized spacial score (nSPS) is 17.2. The van der Waals surface area contributed by atoms with E-state index >= 15 is 0 Å². The summed E-state index contributed by atoms with van der Waals surface area (Å²) in [5.74, 6) is 0.169. The number of hydrogen-bond acceptors (Lipinski definition) is 9. The molecule has 1 aliphatic carbocycles. The zero-order valence-electron chi connectivity index (χ0n) is 23.3. The molecule has 2 aromatic carbocycles. The highest BCUT2D eigenvalue weighted by atomic mass is 35.5. The molecule has 1 atom stereocenters. The van der Waals surface area contributed by atoms with Crippen LogP contribution in [0.4, 0.5) is 11.6 Å². The first kappa shape index (κ1) is 30.5. The van der Waals surface area contributed by atoms with Gasteiger partial charge in [-0.05, 0) is 85.7 Å². The first-order chi connectivity index (χ1) is 19.8. The first-order valence-corrected chi connectivity index (χ1v) is 13.7. The van der Waals surface area contributed by atoms with E-state index in [1.54, 1.807) is 35.4 Å². The molecule has 0 radical (unpaired) electrons. The van der Waals surface area contributed by atoms with Crippen LogP contribution in [0.5, 0.6) is 0 Å². The average molecular weight is 591 g/mol. The molecular weight excluding hydrogens is 556 g/mol. The van der Waals surface area contributed by atoms with E-state index in [9.17, 15) is 9.59 Å². The van der Waals surface area contributed by atoms with Gasteiger partial charge in [0.05, 0.1) is 5.69 Å². The summed E-state index contributed by atoms with van der Waals surface area (Å²) in [5.41, 5.74) is 22.3. The number of benzene rings is 2. The van der Waals surface area contributed by atoms with Crippen molar-refractivity contribution in [3.63, 3.8) is 0 Å². The lowest BCUT2D eigenvalue weighted by atomic mass is 9.81. The summed E-state index contributed by atoms with van der Waals surface area (Å²) in [7, 11) is 0. The van der Waals surface area contributed by atoms with Crippen molar-refractivity contribution in [2.45, 2.75) is 45.1 Å². The molecule has 2 amide bonds. The number of aryl methyl sites for hydroxylation is 1. The predicted molar refractivity (Wildman–Crippen MR) is 162 cm³/mol. The molecule has 5 rings (SSSR count). The first-order valence-electron chi connectivity index (χ1n) is 13.7. The minimum atomic E-state index is -0.891. The fourth-order valence-corrected chi connectivity index (χ4v) is 5.49. The maximum absolute atomic E-state index is 14.1. The van der Waals surface area contributed by atoms with Gasteiger partial charge in [-0.15, -0.1) is 22.6 Å². The number of aromatic nitrogens is 6. The zero-order chi connectivity index (χ0) is 28.9. The van der Waals surface area contributed by atoms with Crippen LogP contribution in [-0.2, 0) is 16.0 Å². The molecular formula is C29H35ClN10O2. The van der Waals surface area contributed by atoms with Gasteiger partial charge in [0.25, 0.3) is 0 Å². The van der Waals surface area contributed by atoms with Crippen LogP contribution in [0, 0.1) is 18.8 Å². The Bertz CT molecular complexity index is 1490. The smallest absolute Gasteiger partial charge is 0.240 e. The van der Waals surface area contributed by atoms with E-state index in [-0.39, 0.29) is 36.6 Å². The van der Waals surface area contributed by atoms with Crippen molar-refractivity contribution in [2.24, 2.45) is 23.3 Å². The Labute approximate surface area is 249 Å². The number of H-pyrrole nitrogens is 1. The summed E-state index contributed by atoms with van der Waals surface area (Å²) < 4.78 is 0. The Morgan fingerprint density at radius 1 is 1.02 bits per heavy atom. The molecule has 220 valence electrons. The third-order valence-electron chi connectivity index (χ3n) is 7.85. The monoisotopic (exact) mass is 590 g/mol. The largest absolute Gasteiger partial charge is 0.368 e. The SMILES string of the molecule is Cc1nc(N)ncc1-c1ccc(C[C@@H](C(N)=O)N(C(=O)C2CCC(CN)CC2)c2ccc(-c3nn[nH]n3)cc2)cc1.Cl. The van der Waals surface area contributed by atoms with Gasteiger partial charge in [0.15, 0.2) is 0 Å². The highest BCUT2D eigenvalue weighted by molar-refractivity contribution is 6.01. The molecule has 42 heavy (non-hydrogen) atoms. The van der Waals surface area contributed by atoms with E-state index in [0.29, 0.717) is 24.0 Å². The molecule has 0 unspecified atom stereocenters. The van der Waals surface area contributed by atoms with Gasteiger partial charge in [-0.25, -0.2) is 9.97 Å². The van der Waals surface area contributed by atoms with Crippen molar-refractivity contribution < 1.29 is 9.59 Å². The number of aromatic amines is 1. The van der Waals surface area contributed by atoms with Crippen molar-refractivity contribution in [1.82, 2.24) is 30.6 Å². The second kappa shape index (κ2) is 13.5. The van der Waals surface area contributed by atoms with Crippen molar-refractivity contribution in [2.75, 3.05) is 17.2 Å². The number of carbonyl (C=O) groups is 2. The number of hydrogen-bond donors (Lipinski definition) is 4. The molecule has 1 saturated carbocycles.